The summed E-state index contributed by atoms with van der Waals surface area (Å²) < 4.78 is 43.7. The second-order valence-electron chi connectivity index (χ2n) is 6.80. The maximum Gasteiger partial charge on any atom is 0.416 e. The van der Waals surface area contributed by atoms with Crippen molar-refractivity contribution in [3.63, 3.8) is 0 Å². The van der Waals surface area contributed by atoms with Crippen molar-refractivity contribution in [2.75, 3.05) is 13.2 Å². The van der Waals surface area contributed by atoms with Crippen molar-refractivity contribution in [1.82, 2.24) is 5.32 Å². The van der Waals surface area contributed by atoms with E-state index in [9.17, 15) is 18.0 Å². The Morgan fingerprint density at radius 3 is 2.46 bits per heavy atom. The summed E-state index contributed by atoms with van der Waals surface area (Å²) >= 11 is 0. The molecule has 0 aliphatic heterocycles. The Bertz CT molecular complexity index is 747. The van der Waals surface area contributed by atoms with Crippen LogP contribution in [0.15, 0.2) is 54.6 Å². The standard InChI is InChI=1S/C22H26F3NO2/c1-3-20(18-9-5-4-6-10-18)21(27)28-13-12-26-16(2)14-17-8-7-11-19(15-17)22(23,24)25/h4-11,15-16,20,26H,3,12-14H2,1-2H3. The molecule has 0 saturated heterocycles. The normalized spacial score (nSPS) is 13.8. The number of carbonyl (C=O) groups excluding carboxylic acids is 1. The highest BCUT2D eigenvalue weighted by Crippen LogP contribution is 2.29. The molecule has 2 rings (SSSR count). The lowest BCUT2D eigenvalue weighted by Gasteiger charge is -2.17. The molecule has 2 aromatic carbocycles. The number of rotatable bonds is 9. The number of ether oxygens (including phenoxy) is 1. The summed E-state index contributed by atoms with van der Waals surface area (Å²) in [5.41, 5.74) is 0.903. The highest BCUT2D eigenvalue weighted by atomic mass is 19.4. The number of hydrogen-bond donors (Lipinski definition) is 1. The van der Waals surface area contributed by atoms with Crippen LogP contribution in [0.5, 0.6) is 0 Å². The molecule has 2 aromatic rings. The number of nitrogens with one attached hydrogen (secondary N) is 1. The molecule has 2 unspecified atom stereocenters. The van der Waals surface area contributed by atoms with Crippen molar-refractivity contribution in [2.24, 2.45) is 0 Å². The van der Waals surface area contributed by atoms with E-state index >= 15 is 0 Å². The van der Waals surface area contributed by atoms with E-state index in [1.165, 1.54) is 12.1 Å². The van der Waals surface area contributed by atoms with Gasteiger partial charge in [0.1, 0.15) is 6.61 Å². The first kappa shape index (κ1) is 22.0. The van der Waals surface area contributed by atoms with Crippen molar-refractivity contribution < 1.29 is 22.7 Å². The number of esters is 1. The molecule has 0 aliphatic rings. The minimum absolute atomic E-state index is 0.0433. The van der Waals surface area contributed by atoms with Crippen LogP contribution in [0, 0.1) is 0 Å². The molecule has 2 atom stereocenters. The van der Waals surface area contributed by atoms with E-state index in [0.29, 0.717) is 24.9 Å². The van der Waals surface area contributed by atoms with Crippen LogP contribution in [0.25, 0.3) is 0 Å². The molecule has 0 fully saturated rings. The van der Waals surface area contributed by atoms with Crippen molar-refractivity contribution in [1.29, 1.82) is 0 Å². The Kier molecular flexibility index (Phi) is 8.05. The predicted molar refractivity (Wildman–Crippen MR) is 103 cm³/mol. The van der Waals surface area contributed by atoms with Crippen LogP contribution in [0.1, 0.15) is 42.9 Å². The monoisotopic (exact) mass is 393 g/mol. The van der Waals surface area contributed by atoms with Crippen molar-refractivity contribution in [2.45, 2.75) is 44.8 Å². The van der Waals surface area contributed by atoms with Gasteiger partial charge in [-0.3, -0.25) is 4.79 Å². The topological polar surface area (TPSA) is 38.3 Å². The van der Waals surface area contributed by atoms with Gasteiger partial charge >= 0.3 is 12.1 Å². The van der Waals surface area contributed by atoms with Gasteiger partial charge in [-0.25, -0.2) is 0 Å². The molecule has 0 aromatic heterocycles. The maximum atomic E-state index is 12.8. The van der Waals surface area contributed by atoms with Gasteiger partial charge in [-0.1, -0.05) is 55.5 Å². The Morgan fingerprint density at radius 2 is 1.82 bits per heavy atom. The fourth-order valence-electron chi connectivity index (χ4n) is 3.08. The number of hydrogen-bond acceptors (Lipinski definition) is 3. The zero-order valence-electron chi connectivity index (χ0n) is 16.1. The van der Waals surface area contributed by atoms with Gasteiger partial charge in [0.2, 0.25) is 0 Å². The molecule has 0 saturated carbocycles. The van der Waals surface area contributed by atoms with Crippen LogP contribution < -0.4 is 5.32 Å². The molecular weight excluding hydrogens is 367 g/mol. The van der Waals surface area contributed by atoms with Gasteiger partial charge in [0.15, 0.2) is 0 Å². The molecule has 152 valence electrons. The van der Waals surface area contributed by atoms with Crippen molar-refractivity contribution >= 4 is 5.97 Å². The minimum atomic E-state index is -4.34. The fraction of sp³-hybridized carbons (Fsp3) is 0.409. The van der Waals surface area contributed by atoms with Gasteiger partial charge < -0.3 is 10.1 Å². The molecule has 0 amide bonds. The molecule has 6 heteroatoms. The van der Waals surface area contributed by atoms with E-state index in [2.05, 4.69) is 5.32 Å². The zero-order valence-corrected chi connectivity index (χ0v) is 16.1. The molecule has 1 N–H and O–H groups in total. The van der Waals surface area contributed by atoms with Crippen LogP contribution in [0.4, 0.5) is 13.2 Å². The first-order valence-electron chi connectivity index (χ1n) is 9.42. The summed E-state index contributed by atoms with van der Waals surface area (Å²) in [5, 5.41) is 3.18. The average Bonchev–Trinajstić information content (AvgIpc) is 2.66. The van der Waals surface area contributed by atoms with E-state index < -0.39 is 11.7 Å². The van der Waals surface area contributed by atoms with Gasteiger partial charge in [-0.15, -0.1) is 0 Å². The van der Waals surface area contributed by atoms with Gasteiger partial charge in [-0.05, 0) is 37.0 Å². The van der Waals surface area contributed by atoms with Gasteiger partial charge in [-0.2, -0.15) is 13.2 Å². The lowest BCUT2D eigenvalue weighted by Crippen LogP contribution is -2.32. The molecule has 0 bridgehead atoms. The van der Waals surface area contributed by atoms with Crippen LogP contribution in [-0.2, 0) is 22.1 Å². The molecular formula is C22H26F3NO2. The first-order chi connectivity index (χ1) is 13.3. The lowest BCUT2D eigenvalue weighted by molar-refractivity contribution is -0.145. The average molecular weight is 393 g/mol. The highest BCUT2D eigenvalue weighted by Gasteiger charge is 2.30. The third-order valence-corrected chi connectivity index (χ3v) is 4.53. The largest absolute Gasteiger partial charge is 0.464 e. The number of alkyl halides is 3. The zero-order chi connectivity index (χ0) is 20.6. The van der Waals surface area contributed by atoms with Crippen LogP contribution in [0.3, 0.4) is 0 Å². The molecule has 0 aliphatic carbocycles. The van der Waals surface area contributed by atoms with E-state index in [1.807, 2.05) is 44.2 Å². The van der Waals surface area contributed by atoms with Gasteiger partial charge in [0, 0.05) is 12.6 Å². The molecule has 0 heterocycles. The number of benzene rings is 2. The highest BCUT2D eigenvalue weighted by molar-refractivity contribution is 5.78. The Labute approximate surface area is 163 Å². The summed E-state index contributed by atoms with van der Waals surface area (Å²) in [5.74, 6) is -0.551. The second kappa shape index (κ2) is 10.3. The SMILES string of the molecule is CCC(C(=O)OCCNC(C)Cc1cccc(C(F)(F)F)c1)c1ccccc1. The van der Waals surface area contributed by atoms with Gasteiger partial charge in [0.05, 0.1) is 11.5 Å². The van der Waals surface area contributed by atoms with Crippen molar-refractivity contribution in [3.8, 4) is 0 Å². The third-order valence-electron chi connectivity index (χ3n) is 4.53. The Balaban J connectivity index is 1.76. The Hall–Kier alpha value is -2.34. The fourth-order valence-corrected chi connectivity index (χ4v) is 3.08. The summed E-state index contributed by atoms with van der Waals surface area (Å²) in [7, 11) is 0. The van der Waals surface area contributed by atoms with Crippen LogP contribution in [-0.4, -0.2) is 25.2 Å². The van der Waals surface area contributed by atoms with E-state index in [4.69, 9.17) is 4.74 Å². The predicted octanol–water partition coefficient (Wildman–Crippen LogP) is 4.96. The summed E-state index contributed by atoms with van der Waals surface area (Å²) in [4.78, 5) is 12.3. The van der Waals surface area contributed by atoms with Crippen LogP contribution >= 0.6 is 0 Å². The second-order valence-corrected chi connectivity index (χ2v) is 6.80. The smallest absolute Gasteiger partial charge is 0.416 e. The molecule has 0 radical (unpaired) electrons. The molecule has 3 nitrogen and oxygen atoms in total. The third kappa shape index (κ3) is 6.68. The first-order valence-corrected chi connectivity index (χ1v) is 9.42. The van der Waals surface area contributed by atoms with Crippen molar-refractivity contribution in [3.05, 3.63) is 71.3 Å². The Morgan fingerprint density at radius 1 is 1.11 bits per heavy atom. The number of halogens is 3. The van der Waals surface area contributed by atoms with E-state index in [-0.39, 0.29) is 24.5 Å². The number of carbonyl (C=O) groups is 1. The maximum absolute atomic E-state index is 12.8. The minimum Gasteiger partial charge on any atom is -0.464 e. The van der Waals surface area contributed by atoms with E-state index in [0.717, 1.165) is 11.6 Å². The molecule has 0 spiro atoms. The summed E-state index contributed by atoms with van der Waals surface area (Å²) in [6.07, 6.45) is -3.23. The summed E-state index contributed by atoms with van der Waals surface area (Å²) in [6.45, 7) is 4.49. The lowest BCUT2D eigenvalue weighted by atomic mass is 9.97. The van der Waals surface area contributed by atoms with Crippen LogP contribution in [0.2, 0.25) is 0 Å². The summed E-state index contributed by atoms with van der Waals surface area (Å²) in [6, 6.07) is 14.8. The quantitative estimate of drug-likeness (QED) is 0.483. The molecule has 28 heavy (non-hydrogen) atoms. The van der Waals surface area contributed by atoms with E-state index in [1.54, 1.807) is 6.07 Å². The van der Waals surface area contributed by atoms with Gasteiger partial charge in [0.25, 0.3) is 0 Å².